The summed E-state index contributed by atoms with van der Waals surface area (Å²) >= 11 is 6.59. The van der Waals surface area contributed by atoms with Crippen LogP contribution in [0.25, 0.3) is 33.4 Å². The molecule has 0 aliphatic heterocycles. The highest BCUT2D eigenvalue weighted by Crippen LogP contribution is 2.41. The molecule has 0 atom stereocenters. The first-order valence-electron chi connectivity index (χ1n) is 9.69. The Morgan fingerprint density at radius 3 is 2.53 bits per heavy atom. The van der Waals surface area contributed by atoms with Crippen LogP contribution in [0, 0.1) is 6.92 Å². The lowest BCUT2D eigenvalue weighted by Crippen LogP contribution is -2.10. The van der Waals surface area contributed by atoms with Crippen molar-refractivity contribution in [3.8, 4) is 22.4 Å². The number of pyridine rings is 1. The van der Waals surface area contributed by atoms with Crippen LogP contribution >= 0.6 is 11.6 Å². The van der Waals surface area contributed by atoms with Gasteiger partial charge >= 0.3 is 0 Å². The first kappa shape index (κ1) is 20.1. The Kier molecular flexibility index (Phi) is 5.57. The van der Waals surface area contributed by atoms with Crippen LogP contribution < -0.4 is 5.32 Å². The number of anilines is 1. The summed E-state index contributed by atoms with van der Waals surface area (Å²) in [5.74, 6) is 0. The quantitative estimate of drug-likeness (QED) is 0.407. The number of nitrogens with zero attached hydrogens (tertiary/aromatic N) is 2. The van der Waals surface area contributed by atoms with Crippen LogP contribution in [0.15, 0.2) is 54.7 Å². The molecule has 0 unspecified atom stereocenters. The summed E-state index contributed by atoms with van der Waals surface area (Å²) in [6.07, 6.45) is 2.39. The molecule has 5 nitrogen and oxygen atoms in total. The molecule has 0 saturated heterocycles. The van der Waals surface area contributed by atoms with Crippen LogP contribution in [0.4, 0.5) is 5.69 Å². The third-order valence-corrected chi connectivity index (χ3v) is 5.44. The molecule has 0 aliphatic rings. The van der Waals surface area contributed by atoms with Crippen LogP contribution in [0.5, 0.6) is 0 Å². The lowest BCUT2D eigenvalue weighted by atomic mass is 9.96. The summed E-state index contributed by atoms with van der Waals surface area (Å²) in [5.41, 5.74) is 7.65. The van der Waals surface area contributed by atoms with E-state index in [-0.39, 0.29) is 0 Å². The van der Waals surface area contributed by atoms with Crippen molar-refractivity contribution in [2.24, 2.45) is 0 Å². The molecule has 2 N–H and O–H groups in total. The minimum absolute atomic E-state index is 0.632. The van der Waals surface area contributed by atoms with E-state index in [4.69, 9.17) is 11.6 Å². The molecule has 152 valence electrons. The number of fused-ring (bicyclic) bond motifs is 1. The second-order valence-corrected chi connectivity index (χ2v) is 8.03. The third-order valence-electron chi connectivity index (χ3n) is 5.13. The summed E-state index contributed by atoms with van der Waals surface area (Å²) in [7, 11) is 4.11. The van der Waals surface area contributed by atoms with Gasteiger partial charge in [0.2, 0.25) is 6.41 Å². The summed E-state index contributed by atoms with van der Waals surface area (Å²) in [6, 6.07) is 16.3. The highest BCUT2D eigenvalue weighted by molar-refractivity contribution is 6.36. The first-order valence-corrected chi connectivity index (χ1v) is 10.1. The number of aromatic nitrogens is 2. The van der Waals surface area contributed by atoms with E-state index >= 15 is 0 Å². The molecular formula is C24H23ClN4O. The standard InChI is InChI=1S/C24H23ClN4O/c1-15-4-7-18(12-20(15)27-14-30)21-22-19(25)10-11-26-24(22)28-23(21)17-8-5-16(6-9-17)13-29(2)3/h4-12,14H,13H2,1-3H3,(H,26,28)(H,27,30). The minimum atomic E-state index is 0.632. The van der Waals surface area contributed by atoms with E-state index in [1.54, 1.807) is 12.3 Å². The van der Waals surface area contributed by atoms with Gasteiger partial charge in [-0.3, -0.25) is 4.79 Å². The molecule has 30 heavy (non-hydrogen) atoms. The van der Waals surface area contributed by atoms with Gasteiger partial charge in [-0.2, -0.15) is 0 Å². The number of benzene rings is 2. The molecule has 0 radical (unpaired) electrons. The Morgan fingerprint density at radius 1 is 1.10 bits per heavy atom. The van der Waals surface area contributed by atoms with Gasteiger partial charge in [-0.15, -0.1) is 0 Å². The van der Waals surface area contributed by atoms with Crippen molar-refractivity contribution in [3.05, 3.63) is 70.9 Å². The summed E-state index contributed by atoms with van der Waals surface area (Å²) in [6.45, 7) is 2.84. The van der Waals surface area contributed by atoms with E-state index in [1.807, 2.05) is 25.1 Å². The zero-order valence-corrected chi connectivity index (χ0v) is 17.9. The van der Waals surface area contributed by atoms with Crippen molar-refractivity contribution in [3.63, 3.8) is 0 Å². The lowest BCUT2D eigenvalue weighted by molar-refractivity contribution is -0.105. The van der Waals surface area contributed by atoms with Crippen LogP contribution in [0.2, 0.25) is 5.02 Å². The smallest absolute Gasteiger partial charge is 0.211 e. The molecule has 4 aromatic rings. The number of rotatable bonds is 6. The van der Waals surface area contributed by atoms with Crippen molar-refractivity contribution in [2.45, 2.75) is 13.5 Å². The SMILES string of the molecule is Cc1ccc(-c2c(-c3ccc(CN(C)C)cc3)[nH]c3nccc(Cl)c23)cc1NC=O. The van der Waals surface area contributed by atoms with Crippen molar-refractivity contribution in [1.29, 1.82) is 0 Å². The Hall–Kier alpha value is -3.15. The molecule has 4 rings (SSSR count). The molecule has 0 aliphatic carbocycles. The van der Waals surface area contributed by atoms with Gasteiger partial charge in [0.15, 0.2) is 0 Å². The zero-order chi connectivity index (χ0) is 21.3. The van der Waals surface area contributed by atoms with Gasteiger partial charge in [0.25, 0.3) is 0 Å². The molecular weight excluding hydrogens is 396 g/mol. The van der Waals surface area contributed by atoms with E-state index in [0.29, 0.717) is 11.4 Å². The second kappa shape index (κ2) is 8.30. The number of nitrogens with one attached hydrogen (secondary N) is 2. The first-order chi connectivity index (χ1) is 14.5. The maximum absolute atomic E-state index is 11.0. The van der Waals surface area contributed by atoms with Gasteiger partial charge in [-0.25, -0.2) is 4.98 Å². The van der Waals surface area contributed by atoms with Gasteiger partial charge in [0.1, 0.15) is 5.65 Å². The molecule has 1 amide bonds. The topological polar surface area (TPSA) is 61.0 Å². The van der Waals surface area contributed by atoms with Crippen LogP contribution in [-0.4, -0.2) is 35.4 Å². The number of amides is 1. The predicted octanol–water partition coefficient (Wildman–Crippen LogP) is 5.49. The van der Waals surface area contributed by atoms with Crippen LogP contribution in [0.3, 0.4) is 0 Å². The lowest BCUT2D eigenvalue weighted by Gasteiger charge is -2.12. The van der Waals surface area contributed by atoms with Gasteiger partial charge < -0.3 is 15.2 Å². The Bertz CT molecular complexity index is 1210. The summed E-state index contributed by atoms with van der Waals surface area (Å²) < 4.78 is 0. The fourth-order valence-corrected chi connectivity index (χ4v) is 3.96. The second-order valence-electron chi connectivity index (χ2n) is 7.62. The maximum Gasteiger partial charge on any atom is 0.211 e. The largest absolute Gasteiger partial charge is 0.339 e. The average Bonchev–Trinajstić information content (AvgIpc) is 3.11. The number of hydrogen-bond acceptors (Lipinski definition) is 3. The third kappa shape index (κ3) is 3.82. The Labute approximate surface area is 180 Å². The Morgan fingerprint density at radius 2 is 1.83 bits per heavy atom. The van der Waals surface area contributed by atoms with Gasteiger partial charge in [-0.05, 0) is 55.4 Å². The van der Waals surface area contributed by atoms with Gasteiger partial charge in [0, 0.05) is 29.4 Å². The van der Waals surface area contributed by atoms with Gasteiger partial charge in [-0.1, -0.05) is 48.0 Å². The molecule has 2 aromatic carbocycles. The average molecular weight is 419 g/mol. The highest BCUT2D eigenvalue weighted by Gasteiger charge is 2.19. The van der Waals surface area contributed by atoms with Crippen molar-refractivity contribution < 1.29 is 4.79 Å². The number of hydrogen-bond donors (Lipinski definition) is 2. The number of H-pyrrole nitrogens is 1. The number of carbonyl (C=O) groups is 1. The summed E-state index contributed by atoms with van der Waals surface area (Å²) in [5, 5.41) is 4.28. The van der Waals surface area contributed by atoms with E-state index in [0.717, 1.165) is 51.2 Å². The van der Waals surface area contributed by atoms with Crippen molar-refractivity contribution >= 4 is 34.7 Å². The predicted molar refractivity (Wildman–Crippen MR) is 124 cm³/mol. The van der Waals surface area contributed by atoms with Crippen molar-refractivity contribution in [1.82, 2.24) is 14.9 Å². The number of halogens is 1. The van der Waals surface area contributed by atoms with Crippen LogP contribution in [-0.2, 0) is 11.3 Å². The zero-order valence-electron chi connectivity index (χ0n) is 17.2. The van der Waals surface area contributed by atoms with E-state index < -0.39 is 0 Å². The maximum atomic E-state index is 11.0. The molecule has 2 aromatic heterocycles. The molecule has 0 fully saturated rings. The minimum Gasteiger partial charge on any atom is -0.339 e. The summed E-state index contributed by atoms with van der Waals surface area (Å²) in [4.78, 5) is 21.1. The molecule has 6 heteroatoms. The molecule has 0 spiro atoms. The van der Waals surface area contributed by atoms with Crippen LogP contribution in [0.1, 0.15) is 11.1 Å². The number of aryl methyl sites for hydroxylation is 1. The monoisotopic (exact) mass is 418 g/mol. The Balaban J connectivity index is 1.92. The highest BCUT2D eigenvalue weighted by atomic mass is 35.5. The van der Waals surface area contributed by atoms with E-state index in [1.165, 1.54) is 5.56 Å². The van der Waals surface area contributed by atoms with E-state index in [9.17, 15) is 4.79 Å². The van der Waals surface area contributed by atoms with E-state index in [2.05, 4.69) is 58.5 Å². The normalized spacial score (nSPS) is 11.2. The molecule has 2 heterocycles. The number of aromatic amines is 1. The van der Waals surface area contributed by atoms with Gasteiger partial charge in [0.05, 0.1) is 10.7 Å². The molecule has 0 bridgehead atoms. The fourth-order valence-electron chi connectivity index (χ4n) is 3.72. The fraction of sp³-hybridized carbons (Fsp3) is 0.167. The van der Waals surface area contributed by atoms with Crippen molar-refractivity contribution in [2.75, 3.05) is 19.4 Å². The number of carbonyl (C=O) groups excluding carboxylic acids is 1. The molecule has 0 saturated carbocycles.